The number of hydrogen-bond donors (Lipinski definition) is 1. The molecule has 1 atom stereocenters. The van der Waals surface area contributed by atoms with E-state index >= 15 is 0 Å². The standard InChI is InChI=1S/C10H13NO5/c1-14-7-5-6(16-11-7)10(3-4-10)8(12)9(13)15-2/h5,8,12H,3-4H2,1-2H3. The average Bonchev–Trinajstić information content (AvgIpc) is 2.98. The Morgan fingerprint density at radius 2 is 2.31 bits per heavy atom. The molecule has 1 heterocycles. The molecule has 1 fully saturated rings. The molecule has 0 saturated heterocycles. The van der Waals surface area contributed by atoms with Gasteiger partial charge in [0, 0.05) is 6.07 Å². The van der Waals surface area contributed by atoms with Gasteiger partial charge in [0.2, 0.25) is 0 Å². The zero-order chi connectivity index (χ0) is 11.8. The van der Waals surface area contributed by atoms with Crippen molar-refractivity contribution in [3.05, 3.63) is 11.8 Å². The first-order chi connectivity index (χ1) is 7.64. The van der Waals surface area contributed by atoms with E-state index in [9.17, 15) is 9.90 Å². The maximum Gasteiger partial charge on any atom is 0.335 e. The van der Waals surface area contributed by atoms with Crippen LogP contribution >= 0.6 is 0 Å². The summed E-state index contributed by atoms with van der Waals surface area (Å²) in [6.45, 7) is 0. The molecule has 1 aromatic heterocycles. The van der Waals surface area contributed by atoms with Crippen molar-refractivity contribution in [1.82, 2.24) is 5.16 Å². The van der Waals surface area contributed by atoms with Crippen molar-refractivity contribution >= 4 is 5.97 Å². The number of aromatic nitrogens is 1. The Balaban J connectivity index is 2.22. The molecule has 6 heteroatoms. The Morgan fingerprint density at radius 3 is 2.75 bits per heavy atom. The van der Waals surface area contributed by atoms with Gasteiger partial charge in [-0.25, -0.2) is 4.79 Å². The molecule has 1 N–H and O–H groups in total. The quantitative estimate of drug-likeness (QED) is 0.742. The van der Waals surface area contributed by atoms with Crippen LogP contribution in [-0.2, 0) is 14.9 Å². The van der Waals surface area contributed by atoms with Crippen molar-refractivity contribution in [3.8, 4) is 5.88 Å². The summed E-state index contributed by atoms with van der Waals surface area (Å²) < 4.78 is 14.4. The first-order valence-corrected chi connectivity index (χ1v) is 4.91. The Labute approximate surface area is 92.1 Å². The Hall–Kier alpha value is -1.56. The minimum absolute atomic E-state index is 0.332. The van der Waals surface area contributed by atoms with E-state index in [-0.39, 0.29) is 0 Å². The van der Waals surface area contributed by atoms with Gasteiger partial charge in [-0.3, -0.25) is 0 Å². The summed E-state index contributed by atoms with van der Waals surface area (Å²) in [5.41, 5.74) is -0.684. The normalized spacial score (nSPS) is 18.9. The van der Waals surface area contributed by atoms with Crippen LogP contribution in [0.4, 0.5) is 0 Å². The number of carbonyl (C=O) groups is 1. The summed E-state index contributed by atoms with van der Waals surface area (Å²) in [5, 5.41) is 13.5. The number of rotatable bonds is 4. The lowest BCUT2D eigenvalue weighted by molar-refractivity contribution is -0.152. The molecule has 1 aromatic rings. The third-order valence-electron chi connectivity index (χ3n) is 2.92. The lowest BCUT2D eigenvalue weighted by atomic mass is 9.96. The van der Waals surface area contributed by atoms with E-state index in [0.717, 1.165) is 0 Å². The van der Waals surface area contributed by atoms with Crippen LogP contribution in [0.15, 0.2) is 10.6 Å². The van der Waals surface area contributed by atoms with Crippen LogP contribution in [0.25, 0.3) is 0 Å². The van der Waals surface area contributed by atoms with Gasteiger partial charge in [-0.1, -0.05) is 0 Å². The molecule has 1 saturated carbocycles. The second kappa shape index (κ2) is 3.79. The van der Waals surface area contributed by atoms with Gasteiger partial charge < -0.3 is 19.1 Å². The third kappa shape index (κ3) is 1.55. The predicted octanol–water partition coefficient (Wildman–Crippen LogP) is 0.249. The number of ether oxygens (including phenoxy) is 2. The zero-order valence-electron chi connectivity index (χ0n) is 9.10. The number of nitrogens with zero attached hydrogens (tertiary/aromatic N) is 1. The lowest BCUT2D eigenvalue weighted by Gasteiger charge is -2.16. The van der Waals surface area contributed by atoms with Crippen molar-refractivity contribution in [1.29, 1.82) is 0 Å². The highest BCUT2D eigenvalue weighted by Gasteiger charge is 2.57. The summed E-state index contributed by atoms with van der Waals surface area (Å²) in [5.74, 6) is 0.133. The average molecular weight is 227 g/mol. The fraction of sp³-hybridized carbons (Fsp3) is 0.600. The molecule has 0 aromatic carbocycles. The molecule has 0 radical (unpaired) electrons. The first-order valence-electron chi connectivity index (χ1n) is 4.91. The highest BCUT2D eigenvalue weighted by molar-refractivity contribution is 5.77. The Kier molecular flexibility index (Phi) is 2.59. The lowest BCUT2D eigenvalue weighted by Crippen LogP contribution is -2.34. The number of hydrogen-bond acceptors (Lipinski definition) is 6. The summed E-state index contributed by atoms with van der Waals surface area (Å²) in [7, 11) is 2.71. The second-order valence-electron chi connectivity index (χ2n) is 3.82. The largest absolute Gasteiger partial charge is 0.479 e. The van der Waals surface area contributed by atoms with Crippen LogP contribution in [0.3, 0.4) is 0 Å². The van der Waals surface area contributed by atoms with Gasteiger partial charge >= 0.3 is 5.97 Å². The molecular formula is C10H13NO5. The predicted molar refractivity (Wildman–Crippen MR) is 52.0 cm³/mol. The van der Waals surface area contributed by atoms with Crippen LogP contribution in [0.5, 0.6) is 5.88 Å². The summed E-state index contributed by atoms with van der Waals surface area (Å²) in [4.78, 5) is 11.3. The van der Waals surface area contributed by atoms with E-state index in [0.29, 0.717) is 24.5 Å². The smallest absolute Gasteiger partial charge is 0.335 e. The summed E-state index contributed by atoms with van der Waals surface area (Å²) in [6.07, 6.45) is 0.124. The van der Waals surface area contributed by atoms with Crippen molar-refractivity contribution < 1.29 is 23.9 Å². The van der Waals surface area contributed by atoms with Gasteiger partial charge in [0.1, 0.15) is 5.76 Å². The van der Waals surface area contributed by atoms with E-state index in [1.165, 1.54) is 14.2 Å². The minimum atomic E-state index is -1.21. The monoisotopic (exact) mass is 227 g/mol. The van der Waals surface area contributed by atoms with Crippen LogP contribution in [0.2, 0.25) is 0 Å². The van der Waals surface area contributed by atoms with E-state index in [1.807, 2.05) is 0 Å². The zero-order valence-corrected chi connectivity index (χ0v) is 9.10. The topological polar surface area (TPSA) is 81.8 Å². The van der Waals surface area contributed by atoms with Gasteiger partial charge in [-0.15, -0.1) is 0 Å². The second-order valence-corrected chi connectivity index (χ2v) is 3.82. The SMILES string of the molecule is COC(=O)C(O)C1(c2cc(OC)no2)CC1. The van der Waals surface area contributed by atoms with E-state index in [2.05, 4.69) is 9.89 Å². The summed E-state index contributed by atoms with van der Waals surface area (Å²) in [6, 6.07) is 1.58. The molecule has 1 unspecified atom stereocenters. The molecule has 1 aliphatic carbocycles. The van der Waals surface area contributed by atoms with E-state index in [4.69, 9.17) is 9.26 Å². The van der Waals surface area contributed by atoms with Gasteiger partial charge in [-0.05, 0) is 18.0 Å². The molecule has 88 valence electrons. The highest BCUT2D eigenvalue weighted by atomic mass is 16.5. The first kappa shape index (κ1) is 10.9. The molecule has 6 nitrogen and oxygen atoms in total. The number of aliphatic hydroxyl groups is 1. The number of methoxy groups -OCH3 is 2. The minimum Gasteiger partial charge on any atom is -0.479 e. The van der Waals surface area contributed by atoms with Crippen molar-refractivity contribution in [2.45, 2.75) is 24.4 Å². The molecule has 2 rings (SSSR count). The summed E-state index contributed by atoms with van der Waals surface area (Å²) >= 11 is 0. The van der Waals surface area contributed by atoms with Crippen molar-refractivity contribution in [2.75, 3.05) is 14.2 Å². The molecule has 0 amide bonds. The van der Waals surface area contributed by atoms with E-state index < -0.39 is 17.5 Å². The van der Waals surface area contributed by atoms with Crippen molar-refractivity contribution in [2.24, 2.45) is 0 Å². The fourth-order valence-electron chi connectivity index (χ4n) is 1.72. The maximum atomic E-state index is 11.3. The van der Waals surface area contributed by atoms with Crippen molar-refractivity contribution in [3.63, 3.8) is 0 Å². The fourth-order valence-corrected chi connectivity index (χ4v) is 1.72. The third-order valence-corrected chi connectivity index (χ3v) is 2.92. The number of carbonyl (C=O) groups excluding carboxylic acids is 1. The van der Waals surface area contributed by atoms with Gasteiger partial charge in [0.15, 0.2) is 6.10 Å². The van der Waals surface area contributed by atoms with E-state index in [1.54, 1.807) is 6.07 Å². The highest BCUT2D eigenvalue weighted by Crippen LogP contribution is 2.51. The molecule has 0 aliphatic heterocycles. The van der Waals surface area contributed by atoms with Crippen LogP contribution in [-0.4, -0.2) is 36.6 Å². The molecule has 0 spiro atoms. The maximum absolute atomic E-state index is 11.3. The molecule has 16 heavy (non-hydrogen) atoms. The van der Waals surface area contributed by atoms with Gasteiger partial charge in [0.05, 0.1) is 19.6 Å². The number of esters is 1. The Bertz CT molecular complexity index is 396. The van der Waals surface area contributed by atoms with Crippen LogP contribution in [0.1, 0.15) is 18.6 Å². The van der Waals surface area contributed by atoms with Gasteiger partial charge in [0.25, 0.3) is 5.88 Å². The Morgan fingerprint density at radius 1 is 1.62 bits per heavy atom. The number of aliphatic hydroxyl groups excluding tert-OH is 1. The van der Waals surface area contributed by atoms with Crippen LogP contribution < -0.4 is 4.74 Å². The molecular weight excluding hydrogens is 214 g/mol. The molecule has 0 bridgehead atoms. The van der Waals surface area contributed by atoms with Gasteiger partial charge in [-0.2, -0.15) is 0 Å². The van der Waals surface area contributed by atoms with Crippen LogP contribution in [0, 0.1) is 0 Å². The molecule has 1 aliphatic rings.